The van der Waals surface area contributed by atoms with Crippen LogP contribution in [0.3, 0.4) is 0 Å². The fraction of sp³-hybridized carbons (Fsp3) is 0. The van der Waals surface area contributed by atoms with E-state index in [1.165, 1.54) is 24.3 Å². The van der Waals surface area contributed by atoms with Crippen molar-refractivity contribution < 1.29 is 19.1 Å². The topological polar surface area (TPSA) is 79.3 Å². The number of hydrogen-bond acceptors (Lipinski definition) is 3. The molecule has 0 unspecified atom stereocenters. The molecule has 1 aromatic heterocycles. The Hall–Kier alpha value is -2.47. The maximum atomic E-state index is 13.1. The summed E-state index contributed by atoms with van der Waals surface area (Å²) in [4.78, 5) is 26.3. The molecule has 1 aromatic carbocycles. The van der Waals surface area contributed by atoms with Crippen molar-refractivity contribution in [2.75, 3.05) is 5.32 Å². The predicted molar refractivity (Wildman–Crippen MR) is 70.6 cm³/mol. The molecule has 2 N–H and O–H groups in total. The van der Waals surface area contributed by atoms with E-state index in [1.807, 2.05) is 0 Å². The lowest BCUT2D eigenvalue weighted by Gasteiger charge is -2.06. The van der Waals surface area contributed by atoms with Gasteiger partial charge < -0.3 is 10.4 Å². The maximum absolute atomic E-state index is 13.1. The lowest BCUT2D eigenvalue weighted by Crippen LogP contribution is -2.15. The highest BCUT2D eigenvalue weighted by Gasteiger charge is 2.12. The molecule has 0 spiro atoms. The third-order valence-corrected chi connectivity index (χ3v) is 2.54. The number of carbonyl (C=O) groups excluding carboxylic acids is 1. The molecule has 0 saturated heterocycles. The second-order valence-electron chi connectivity index (χ2n) is 3.83. The van der Waals surface area contributed by atoms with Crippen molar-refractivity contribution in [1.82, 2.24) is 4.98 Å². The Morgan fingerprint density at radius 1 is 1.20 bits per heavy atom. The van der Waals surface area contributed by atoms with Gasteiger partial charge in [-0.25, -0.2) is 14.2 Å². The molecule has 102 valence electrons. The molecule has 2 aromatic rings. The largest absolute Gasteiger partial charge is 0.477 e. The Morgan fingerprint density at radius 3 is 2.55 bits per heavy atom. The summed E-state index contributed by atoms with van der Waals surface area (Å²) >= 11 is 5.66. The molecular weight excluding hydrogens is 287 g/mol. The molecule has 0 aliphatic heterocycles. The Labute approximate surface area is 118 Å². The van der Waals surface area contributed by atoms with Gasteiger partial charge in [0.05, 0.1) is 0 Å². The average molecular weight is 295 g/mol. The number of hydrogen-bond donors (Lipinski definition) is 2. The van der Waals surface area contributed by atoms with E-state index in [2.05, 4.69) is 10.3 Å². The van der Waals surface area contributed by atoms with Gasteiger partial charge in [-0.1, -0.05) is 17.7 Å². The molecule has 5 nitrogen and oxygen atoms in total. The summed E-state index contributed by atoms with van der Waals surface area (Å²) in [6.07, 6.45) is 0. The minimum Gasteiger partial charge on any atom is -0.477 e. The van der Waals surface area contributed by atoms with E-state index >= 15 is 0 Å². The highest BCUT2D eigenvalue weighted by atomic mass is 35.5. The quantitative estimate of drug-likeness (QED) is 0.912. The third-order valence-electron chi connectivity index (χ3n) is 2.32. The monoisotopic (exact) mass is 294 g/mol. The van der Waals surface area contributed by atoms with Gasteiger partial charge in [0.1, 0.15) is 17.2 Å². The second-order valence-corrected chi connectivity index (χ2v) is 4.26. The highest BCUT2D eigenvalue weighted by molar-refractivity contribution is 6.31. The molecule has 0 bridgehead atoms. The van der Waals surface area contributed by atoms with Gasteiger partial charge in [0.2, 0.25) is 0 Å². The molecular formula is C13H8ClFN2O3. The van der Waals surface area contributed by atoms with Crippen LogP contribution in [-0.4, -0.2) is 22.0 Å². The first-order chi connectivity index (χ1) is 9.45. The summed E-state index contributed by atoms with van der Waals surface area (Å²) in [6, 6.07) is 7.56. The summed E-state index contributed by atoms with van der Waals surface area (Å²) in [5.41, 5.74) is -0.192. The number of halogens is 2. The molecule has 2 rings (SSSR count). The normalized spacial score (nSPS) is 10.1. The number of aromatic nitrogens is 1. The molecule has 0 fully saturated rings. The molecule has 0 radical (unpaired) electrons. The van der Waals surface area contributed by atoms with Crippen molar-refractivity contribution in [3.8, 4) is 0 Å². The molecule has 0 aliphatic rings. The first-order valence-electron chi connectivity index (χ1n) is 5.43. The molecule has 7 heteroatoms. The van der Waals surface area contributed by atoms with Crippen molar-refractivity contribution in [3.05, 3.63) is 58.6 Å². The highest BCUT2D eigenvalue weighted by Crippen LogP contribution is 2.18. The molecule has 1 amide bonds. The number of nitrogens with zero attached hydrogens (tertiary/aromatic N) is 1. The van der Waals surface area contributed by atoms with Crippen molar-refractivity contribution in [3.63, 3.8) is 0 Å². The molecule has 20 heavy (non-hydrogen) atoms. The molecule has 1 heterocycles. The van der Waals surface area contributed by atoms with Crippen LogP contribution in [0.15, 0.2) is 36.4 Å². The number of anilines is 1. The van der Waals surface area contributed by atoms with E-state index in [9.17, 15) is 14.0 Å². The van der Waals surface area contributed by atoms with E-state index < -0.39 is 17.7 Å². The zero-order valence-electron chi connectivity index (χ0n) is 9.93. The van der Waals surface area contributed by atoms with Crippen molar-refractivity contribution in [1.29, 1.82) is 0 Å². The van der Waals surface area contributed by atoms with Crippen LogP contribution in [0.5, 0.6) is 0 Å². The fourth-order valence-electron chi connectivity index (χ4n) is 1.50. The first-order valence-corrected chi connectivity index (χ1v) is 5.81. The van der Waals surface area contributed by atoms with Crippen LogP contribution in [0, 0.1) is 5.82 Å². The Kier molecular flexibility index (Phi) is 3.95. The van der Waals surface area contributed by atoms with Gasteiger partial charge in [-0.2, -0.15) is 0 Å². The zero-order chi connectivity index (χ0) is 14.7. The Bertz CT molecular complexity index is 671. The number of carboxylic acid groups (broad SMARTS) is 1. The van der Waals surface area contributed by atoms with E-state index in [0.717, 1.165) is 12.1 Å². The van der Waals surface area contributed by atoms with Gasteiger partial charge in [-0.15, -0.1) is 0 Å². The summed E-state index contributed by atoms with van der Waals surface area (Å²) in [5, 5.41) is 11.3. The molecule has 0 aliphatic carbocycles. The average Bonchev–Trinajstić information content (AvgIpc) is 2.37. The minimum absolute atomic E-state index is 0.0923. The van der Waals surface area contributed by atoms with E-state index in [0.29, 0.717) is 0 Å². The van der Waals surface area contributed by atoms with Crippen LogP contribution in [0.1, 0.15) is 21.0 Å². The number of amides is 1. The van der Waals surface area contributed by atoms with Gasteiger partial charge in [0.15, 0.2) is 0 Å². The standard InChI is InChI=1S/C13H8ClFN2O3/c14-7-4-8(15)6-9(5-7)16-12(18)10-2-1-3-11(17-10)13(19)20/h1-6H,(H,16,18)(H,19,20). The smallest absolute Gasteiger partial charge is 0.354 e. The van der Waals surface area contributed by atoms with Crippen molar-refractivity contribution >= 4 is 29.2 Å². The van der Waals surface area contributed by atoms with Crippen LogP contribution in [0.4, 0.5) is 10.1 Å². The third kappa shape index (κ3) is 3.30. The van der Waals surface area contributed by atoms with Gasteiger partial charge >= 0.3 is 5.97 Å². The Balaban J connectivity index is 2.23. The SMILES string of the molecule is O=C(O)c1cccc(C(=O)Nc2cc(F)cc(Cl)c2)n1. The van der Waals surface area contributed by atoms with Crippen molar-refractivity contribution in [2.45, 2.75) is 0 Å². The Morgan fingerprint density at radius 2 is 1.90 bits per heavy atom. The van der Waals surface area contributed by atoms with E-state index in [4.69, 9.17) is 16.7 Å². The molecule has 0 saturated carbocycles. The number of carbonyl (C=O) groups is 2. The van der Waals surface area contributed by atoms with Gasteiger partial charge in [-0.3, -0.25) is 4.79 Å². The van der Waals surface area contributed by atoms with E-state index in [-0.39, 0.29) is 22.1 Å². The van der Waals surface area contributed by atoms with Crippen LogP contribution in [-0.2, 0) is 0 Å². The summed E-state index contributed by atoms with van der Waals surface area (Å²) < 4.78 is 13.1. The lowest BCUT2D eigenvalue weighted by atomic mass is 10.2. The first kappa shape index (κ1) is 14.0. The number of aromatic carboxylic acids is 1. The number of carboxylic acids is 1. The number of rotatable bonds is 3. The summed E-state index contributed by atoms with van der Waals surface area (Å²) in [5.74, 6) is -2.50. The zero-order valence-corrected chi connectivity index (χ0v) is 10.7. The molecule has 0 atom stereocenters. The predicted octanol–water partition coefficient (Wildman–Crippen LogP) is 2.82. The van der Waals surface area contributed by atoms with E-state index in [1.54, 1.807) is 0 Å². The lowest BCUT2D eigenvalue weighted by molar-refractivity contribution is 0.0690. The minimum atomic E-state index is -1.24. The fourth-order valence-corrected chi connectivity index (χ4v) is 1.72. The second kappa shape index (κ2) is 5.66. The van der Waals surface area contributed by atoms with Crippen LogP contribution < -0.4 is 5.32 Å². The number of nitrogens with one attached hydrogen (secondary N) is 1. The summed E-state index contributed by atoms with van der Waals surface area (Å²) in [6.45, 7) is 0. The maximum Gasteiger partial charge on any atom is 0.354 e. The van der Waals surface area contributed by atoms with Crippen LogP contribution >= 0.6 is 11.6 Å². The summed E-state index contributed by atoms with van der Waals surface area (Å²) in [7, 11) is 0. The number of benzene rings is 1. The van der Waals surface area contributed by atoms with Gasteiger partial charge in [0, 0.05) is 10.7 Å². The van der Waals surface area contributed by atoms with Crippen LogP contribution in [0.2, 0.25) is 5.02 Å². The van der Waals surface area contributed by atoms with Gasteiger partial charge in [-0.05, 0) is 30.3 Å². The number of pyridine rings is 1. The van der Waals surface area contributed by atoms with Crippen LogP contribution in [0.25, 0.3) is 0 Å². The van der Waals surface area contributed by atoms with Gasteiger partial charge in [0.25, 0.3) is 5.91 Å². The van der Waals surface area contributed by atoms with Crippen molar-refractivity contribution in [2.24, 2.45) is 0 Å².